The van der Waals surface area contributed by atoms with Crippen LogP contribution in [0.1, 0.15) is 21.6 Å². The molecule has 12 heteroatoms. The number of hydrogen-bond acceptors (Lipinski definition) is 8. The molecule has 37 heavy (non-hydrogen) atoms. The fourth-order valence-corrected chi connectivity index (χ4v) is 4.12. The first kappa shape index (κ1) is 23.4. The van der Waals surface area contributed by atoms with E-state index in [1.54, 1.807) is 42.5 Å². The first-order valence-electron chi connectivity index (χ1n) is 10.8. The third-order valence-corrected chi connectivity index (χ3v) is 5.86. The topological polar surface area (TPSA) is 179 Å². The largest absolute Gasteiger partial charge is 0.503 e. The number of carbonyl (C=O) groups is 2. The van der Waals surface area contributed by atoms with Crippen molar-refractivity contribution in [3.63, 3.8) is 0 Å². The van der Waals surface area contributed by atoms with Crippen molar-refractivity contribution in [1.29, 1.82) is 0 Å². The molecule has 0 bridgehead atoms. The van der Waals surface area contributed by atoms with Crippen molar-refractivity contribution in [2.24, 2.45) is 0 Å². The van der Waals surface area contributed by atoms with E-state index < -0.39 is 45.0 Å². The molecule has 0 saturated heterocycles. The molecule has 12 nitrogen and oxygen atoms in total. The van der Waals surface area contributed by atoms with Crippen molar-refractivity contribution in [3.8, 4) is 0 Å². The zero-order valence-corrected chi connectivity index (χ0v) is 18.8. The number of aromatic nitrogens is 2. The summed E-state index contributed by atoms with van der Waals surface area (Å²) in [6.07, 6.45) is 0. The Hall–Kier alpha value is -5.36. The molecular formula is C25H17N5O7. The molecule has 184 valence electrons. The highest BCUT2D eigenvalue weighted by molar-refractivity contribution is 6.07. The zero-order valence-electron chi connectivity index (χ0n) is 18.8. The molecule has 1 unspecified atom stereocenters. The fourth-order valence-electron chi connectivity index (χ4n) is 4.12. The van der Waals surface area contributed by atoms with Crippen LogP contribution in [0.15, 0.2) is 89.4 Å². The van der Waals surface area contributed by atoms with Crippen LogP contribution >= 0.6 is 0 Å². The maximum atomic E-state index is 13.2. The average molecular weight is 499 g/mol. The third-order valence-electron chi connectivity index (χ3n) is 5.86. The van der Waals surface area contributed by atoms with Crippen molar-refractivity contribution in [2.45, 2.75) is 5.72 Å². The summed E-state index contributed by atoms with van der Waals surface area (Å²) in [4.78, 5) is 56.5. The summed E-state index contributed by atoms with van der Waals surface area (Å²) in [5, 5.41) is 34.4. The number of carbonyl (C=O) groups excluding carboxylic acids is 2. The number of aliphatic hydroxyl groups excluding tert-OH is 1. The van der Waals surface area contributed by atoms with E-state index in [0.717, 1.165) is 6.07 Å². The number of nitro groups is 1. The Bertz CT molecular complexity index is 1680. The summed E-state index contributed by atoms with van der Waals surface area (Å²) in [5.41, 5.74) is -1.96. The number of nitrogens with zero attached hydrogens (tertiary/aromatic N) is 3. The summed E-state index contributed by atoms with van der Waals surface area (Å²) in [7, 11) is 0. The van der Waals surface area contributed by atoms with Crippen LogP contribution in [0.2, 0.25) is 0 Å². The minimum absolute atomic E-state index is 0.0242. The summed E-state index contributed by atoms with van der Waals surface area (Å²) in [6.45, 7) is 0. The minimum Gasteiger partial charge on any atom is -0.503 e. The lowest BCUT2D eigenvalue weighted by Gasteiger charge is -2.35. The number of nitrogens with one attached hydrogen (secondary N) is 2. The van der Waals surface area contributed by atoms with Crippen molar-refractivity contribution >= 4 is 34.1 Å². The predicted octanol–water partition coefficient (Wildman–Crippen LogP) is 2.13. The van der Waals surface area contributed by atoms with Crippen LogP contribution in [0.5, 0.6) is 0 Å². The van der Waals surface area contributed by atoms with Gasteiger partial charge in [0.2, 0.25) is 5.72 Å². The molecule has 0 saturated carbocycles. The van der Waals surface area contributed by atoms with Gasteiger partial charge >= 0.3 is 5.91 Å². The molecule has 3 aromatic carbocycles. The van der Waals surface area contributed by atoms with Gasteiger partial charge in [0.25, 0.3) is 17.2 Å². The van der Waals surface area contributed by atoms with Crippen molar-refractivity contribution in [3.05, 3.63) is 122 Å². The van der Waals surface area contributed by atoms with Gasteiger partial charge in [0.1, 0.15) is 5.69 Å². The summed E-state index contributed by atoms with van der Waals surface area (Å²) >= 11 is 0. The van der Waals surface area contributed by atoms with Gasteiger partial charge in [-0.3, -0.25) is 29.9 Å². The Morgan fingerprint density at radius 3 is 2.46 bits per heavy atom. The number of rotatable bonds is 5. The molecule has 4 N–H and O–H groups in total. The predicted molar refractivity (Wildman–Crippen MR) is 130 cm³/mol. The molecule has 5 rings (SSSR count). The smallest absolute Gasteiger partial charge is 0.310 e. The molecule has 2 heterocycles. The van der Waals surface area contributed by atoms with Gasteiger partial charge in [0.15, 0.2) is 5.76 Å². The summed E-state index contributed by atoms with van der Waals surface area (Å²) in [6, 6.07) is 18.8. The Labute approximate surface area is 207 Å². The van der Waals surface area contributed by atoms with E-state index in [0.29, 0.717) is 16.0 Å². The first-order chi connectivity index (χ1) is 17.7. The minimum atomic E-state index is -2.57. The number of benzene rings is 3. The number of para-hydroxylation sites is 2. The van der Waals surface area contributed by atoms with E-state index in [4.69, 9.17) is 0 Å². The lowest BCUT2D eigenvalue weighted by Crippen LogP contribution is -2.55. The molecule has 0 aliphatic carbocycles. The van der Waals surface area contributed by atoms with Crippen LogP contribution in [0.25, 0.3) is 16.6 Å². The normalized spacial score (nSPS) is 17.3. The van der Waals surface area contributed by atoms with E-state index in [-0.39, 0.29) is 16.8 Å². The van der Waals surface area contributed by atoms with Crippen LogP contribution in [-0.2, 0) is 10.5 Å². The maximum absolute atomic E-state index is 13.2. The van der Waals surface area contributed by atoms with Crippen molar-refractivity contribution in [2.75, 3.05) is 0 Å². The number of fused-ring (bicyclic) bond motifs is 1. The molecule has 1 aliphatic rings. The van der Waals surface area contributed by atoms with E-state index >= 15 is 0 Å². The molecule has 1 atom stereocenters. The highest BCUT2D eigenvalue weighted by atomic mass is 16.6. The molecule has 0 radical (unpaired) electrons. The number of nitro benzene ring substituents is 1. The van der Waals surface area contributed by atoms with Crippen molar-refractivity contribution in [1.82, 2.24) is 20.4 Å². The third kappa shape index (κ3) is 3.77. The van der Waals surface area contributed by atoms with E-state index in [1.807, 2.05) is 0 Å². The maximum Gasteiger partial charge on any atom is 0.310 e. The van der Waals surface area contributed by atoms with Crippen LogP contribution in [-0.4, -0.2) is 41.9 Å². The second kappa shape index (κ2) is 8.70. The lowest BCUT2D eigenvalue weighted by molar-refractivity contribution is -0.384. The van der Waals surface area contributed by atoms with E-state index in [9.17, 15) is 34.7 Å². The van der Waals surface area contributed by atoms with Gasteiger partial charge in [-0.15, -0.1) is 0 Å². The molecule has 1 aliphatic heterocycles. The second-order valence-corrected chi connectivity index (χ2v) is 8.08. The van der Waals surface area contributed by atoms with Gasteiger partial charge in [-0.2, -0.15) is 0 Å². The first-order valence-corrected chi connectivity index (χ1v) is 10.8. The molecular weight excluding hydrogens is 482 g/mol. The number of aliphatic hydroxyl groups is 2. The summed E-state index contributed by atoms with van der Waals surface area (Å²) in [5.74, 6) is -3.23. The number of aromatic amines is 1. The van der Waals surface area contributed by atoms with E-state index in [1.165, 1.54) is 30.3 Å². The Morgan fingerprint density at radius 2 is 1.73 bits per heavy atom. The van der Waals surface area contributed by atoms with Gasteiger partial charge in [0, 0.05) is 23.3 Å². The molecule has 0 fully saturated rings. The average Bonchev–Trinajstić information content (AvgIpc) is 3.09. The standard InChI is InChI=1S/C25H17N5O7/c31-21-19(20-23(33)27-18-12-5-4-11-17(18)26-20)25(35,15-8-2-1-3-9-15)29(24(21)34)28-22(32)14-7-6-10-16(13-14)30(36)37/h1-13,31,35H,(H,27,33)(H,28,32). The van der Waals surface area contributed by atoms with Gasteiger partial charge in [-0.05, 0) is 18.2 Å². The van der Waals surface area contributed by atoms with Gasteiger partial charge in [-0.1, -0.05) is 48.5 Å². The van der Waals surface area contributed by atoms with Crippen LogP contribution < -0.4 is 11.0 Å². The highest BCUT2D eigenvalue weighted by Crippen LogP contribution is 2.44. The monoisotopic (exact) mass is 499 g/mol. The van der Waals surface area contributed by atoms with E-state index in [2.05, 4.69) is 15.4 Å². The molecule has 2 amide bonds. The molecule has 0 spiro atoms. The van der Waals surface area contributed by atoms with Crippen LogP contribution in [0.3, 0.4) is 0 Å². The Kier molecular flexibility index (Phi) is 5.50. The number of hydrogen-bond donors (Lipinski definition) is 4. The molecule has 4 aromatic rings. The SMILES string of the molecule is O=C(NN1C(=O)C(O)=C(c2nc3ccccc3[nH]c2=O)C1(O)c1ccccc1)c1cccc([N+](=O)[O-])c1. The second-order valence-electron chi connectivity index (χ2n) is 8.08. The summed E-state index contributed by atoms with van der Waals surface area (Å²) < 4.78 is 0. The Morgan fingerprint density at radius 1 is 1.03 bits per heavy atom. The van der Waals surface area contributed by atoms with Crippen LogP contribution in [0, 0.1) is 10.1 Å². The Balaban J connectivity index is 1.66. The number of amides is 2. The number of non-ortho nitro benzene ring substituents is 1. The van der Waals surface area contributed by atoms with Gasteiger partial charge in [0.05, 0.1) is 21.5 Å². The lowest BCUT2D eigenvalue weighted by atomic mass is 9.93. The van der Waals surface area contributed by atoms with Gasteiger partial charge < -0.3 is 15.2 Å². The highest BCUT2D eigenvalue weighted by Gasteiger charge is 2.55. The van der Waals surface area contributed by atoms with Crippen molar-refractivity contribution < 1.29 is 24.7 Å². The number of H-pyrrole nitrogens is 1. The zero-order chi connectivity index (χ0) is 26.3. The molecule has 1 aromatic heterocycles. The quantitative estimate of drug-likeness (QED) is 0.238. The van der Waals surface area contributed by atoms with Crippen LogP contribution in [0.4, 0.5) is 5.69 Å². The van der Waals surface area contributed by atoms with Gasteiger partial charge in [-0.25, -0.2) is 9.99 Å². The number of hydrazine groups is 1. The fraction of sp³-hybridized carbons (Fsp3) is 0.0400.